The minimum atomic E-state index is -4.86. The molecule has 50 heavy (non-hydrogen) atoms. The Balaban J connectivity index is 0.000000314. The smallest absolute Gasteiger partial charge is 0.406 e. The van der Waals surface area contributed by atoms with Crippen LogP contribution in [0.2, 0.25) is 0 Å². The van der Waals surface area contributed by atoms with E-state index in [1.165, 1.54) is 28.6 Å². The molecule has 1 saturated heterocycles. The molecular formula is C30H29F6N7O6S. The number of alkyl halides is 6. The highest BCUT2D eigenvalue weighted by molar-refractivity contribution is 7.89. The van der Waals surface area contributed by atoms with Gasteiger partial charge in [0.15, 0.2) is 0 Å². The van der Waals surface area contributed by atoms with Gasteiger partial charge < -0.3 is 25.4 Å². The van der Waals surface area contributed by atoms with Crippen molar-refractivity contribution in [1.29, 1.82) is 0 Å². The number of nitrogens with one attached hydrogen (secondary N) is 1. The van der Waals surface area contributed by atoms with Gasteiger partial charge in [-0.2, -0.15) is 4.31 Å². The number of nitrogens with two attached hydrogens (primary N) is 1. The maximum Gasteiger partial charge on any atom is 0.573 e. The van der Waals surface area contributed by atoms with Crippen molar-refractivity contribution in [2.45, 2.75) is 37.0 Å². The van der Waals surface area contributed by atoms with E-state index in [1.54, 1.807) is 18.6 Å². The molecule has 20 heteroatoms. The molecule has 0 unspecified atom stereocenters. The lowest BCUT2D eigenvalue weighted by Crippen LogP contribution is -2.49. The Morgan fingerprint density at radius 1 is 0.880 bits per heavy atom. The number of rotatable bonds is 11. The van der Waals surface area contributed by atoms with Crippen molar-refractivity contribution in [3.63, 3.8) is 0 Å². The zero-order chi connectivity index (χ0) is 36.5. The average Bonchev–Trinajstić information content (AvgIpc) is 3.06. The van der Waals surface area contributed by atoms with Gasteiger partial charge in [0.05, 0.1) is 22.8 Å². The van der Waals surface area contributed by atoms with Gasteiger partial charge in [0.1, 0.15) is 22.8 Å². The van der Waals surface area contributed by atoms with Gasteiger partial charge in [-0.3, -0.25) is 14.6 Å². The lowest BCUT2D eigenvalue weighted by molar-refractivity contribution is -0.275. The normalized spacial score (nSPS) is 14.0. The second kappa shape index (κ2) is 16.0. The summed E-state index contributed by atoms with van der Waals surface area (Å²) in [6.07, 6.45) is -3.76. The van der Waals surface area contributed by atoms with Gasteiger partial charge in [-0.05, 0) is 53.9 Å². The van der Waals surface area contributed by atoms with Crippen LogP contribution in [-0.2, 0) is 32.6 Å². The molecule has 2 aromatic heterocycles. The Bertz CT molecular complexity index is 1870. The standard InChI is InChI=1S/C21H21F3N6O4S.C9H8F3NO2/c22-21(23,24)34-15-2-4-16(5-3-15)35(32,33)30-9-7-29(8-10-30)19-13-27-17-12-26-11-14(20(17)28-19)1-6-18(25)31;10-9(11,12)15-8-3-1-7(2-4-8)5-13-6-14/h2-5,11-13H,1,6-10H2,(H2,25,31);1-4,6H,5H2,(H,13,14). The van der Waals surface area contributed by atoms with Crippen LogP contribution in [0, 0.1) is 0 Å². The number of aromatic nitrogens is 3. The monoisotopic (exact) mass is 729 g/mol. The lowest BCUT2D eigenvalue weighted by atomic mass is 10.1. The summed E-state index contributed by atoms with van der Waals surface area (Å²) in [4.78, 5) is 36.0. The van der Waals surface area contributed by atoms with E-state index in [1.807, 2.05) is 4.90 Å². The summed E-state index contributed by atoms with van der Waals surface area (Å²) in [7, 11) is -3.90. The third kappa shape index (κ3) is 10.9. The summed E-state index contributed by atoms with van der Waals surface area (Å²) in [5.74, 6) is -0.667. The predicted octanol–water partition coefficient (Wildman–Crippen LogP) is 3.68. The van der Waals surface area contributed by atoms with Gasteiger partial charge in [0, 0.05) is 45.3 Å². The first-order valence-corrected chi connectivity index (χ1v) is 16.0. The van der Waals surface area contributed by atoms with Crippen LogP contribution in [0.15, 0.2) is 72.0 Å². The average molecular weight is 730 g/mol. The van der Waals surface area contributed by atoms with Crippen LogP contribution < -0.4 is 25.4 Å². The van der Waals surface area contributed by atoms with Crippen LogP contribution in [0.3, 0.4) is 0 Å². The number of carbonyl (C=O) groups excluding carboxylic acids is 2. The molecule has 3 N–H and O–H groups in total. The number of amides is 2. The summed E-state index contributed by atoms with van der Waals surface area (Å²) >= 11 is 0. The second-order valence-electron chi connectivity index (χ2n) is 10.5. The number of benzene rings is 2. The lowest BCUT2D eigenvalue weighted by Gasteiger charge is -2.34. The van der Waals surface area contributed by atoms with Gasteiger partial charge >= 0.3 is 12.7 Å². The first kappa shape index (κ1) is 37.6. The fraction of sp³-hybridized carbons (Fsp3) is 0.300. The van der Waals surface area contributed by atoms with E-state index in [-0.39, 0.29) is 36.7 Å². The Morgan fingerprint density at radius 3 is 2.00 bits per heavy atom. The number of piperazine rings is 1. The number of sulfonamides is 1. The summed E-state index contributed by atoms with van der Waals surface area (Å²) in [6.45, 7) is 1.23. The highest BCUT2D eigenvalue weighted by Crippen LogP contribution is 2.27. The van der Waals surface area contributed by atoms with Crippen molar-refractivity contribution in [2.75, 3.05) is 31.1 Å². The summed E-state index contributed by atoms with van der Waals surface area (Å²) in [5.41, 5.74) is 7.82. The van der Waals surface area contributed by atoms with Crippen LogP contribution in [0.5, 0.6) is 11.5 Å². The fourth-order valence-corrected chi connectivity index (χ4v) is 6.08. The van der Waals surface area contributed by atoms with Gasteiger partial charge in [0.2, 0.25) is 22.3 Å². The number of ether oxygens (including phenoxy) is 2. The van der Waals surface area contributed by atoms with E-state index in [0.29, 0.717) is 48.3 Å². The molecule has 0 spiro atoms. The zero-order valence-electron chi connectivity index (χ0n) is 25.8. The van der Waals surface area contributed by atoms with Crippen LogP contribution in [-0.4, -0.2) is 78.9 Å². The Kier molecular flexibility index (Phi) is 12.0. The molecule has 0 radical (unpaired) electrons. The van der Waals surface area contributed by atoms with Crippen molar-refractivity contribution >= 4 is 39.2 Å². The third-order valence-electron chi connectivity index (χ3n) is 6.96. The van der Waals surface area contributed by atoms with Crippen molar-refractivity contribution in [2.24, 2.45) is 5.73 Å². The van der Waals surface area contributed by atoms with Crippen LogP contribution in [0.4, 0.5) is 32.2 Å². The molecule has 3 heterocycles. The summed E-state index contributed by atoms with van der Waals surface area (Å²) < 4.78 is 107. The zero-order valence-corrected chi connectivity index (χ0v) is 26.6. The minimum Gasteiger partial charge on any atom is -0.406 e. The van der Waals surface area contributed by atoms with Crippen LogP contribution >= 0.6 is 0 Å². The second-order valence-corrected chi connectivity index (χ2v) is 12.4. The van der Waals surface area contributed by atoms with Gasteiger partial charge in [-0.15, -0.1) is 26.3 Å². The number of fused-ring (bicyclic) bond motifs is 1. The number of hydrogen-bond acceptors (Lipinski definition) is 10. The van der Waals surface area contributed by atoms with Crippen molar-refractivity contribution < 1.29 is 53.8 Å². The topological polar surface area (TPSA) is 170 Å². The number of aryl methyl sites for hydroxylation is 1. The number of primary amides is 1. The molecule has 5 rings (SSSR count). The molecule has 0 bridgehead atoms. The molecule has 1 fully saturated rings. The summed E-state index contributed by atoms with van der Waals surface area (Å²) in [6, 6.07) is 9.36. The molecule has 2 amide bonds. The van der Waals surface area contributed by atoms with Crippen molar-refractivity contribution in [3.05, 3.63) is 78.2 Å². The number of nitrogens with zero attached hydrogens (tertiary/aromatic N) is 5. The van der Waals surface area contributed by atoms with E-state index in [4.69, 9.17) is 5.73 Å². The van der Waals surface area contributed by atoms with E-state index in [2.05, 4.69) is 29.7 Å². The van der Waals surface area contributed by atoms with E-state index in [0.717, 1.165) is 29.8 Å². The maximum absolute atomic E-state index is 12.9. The molecular weight excluding hydrogens is 700 g/mol. The molecule has 0 atom stereocenters. The Morgan fingerprint density at radius 2 is 1.46 bits per heavy atom. The molecule has 0 aliphatic carbocycles. The minimum absolute atomic E-state index is 0.127. The highest BCUT2D eigenvalue weighted by Gasteiger charge is 2.33. The molecule has 1 aliphatic rings. The van der Waals surface area contributed by atoms with Crippen molar-refractivity contribution in [3.8, 4) is 11.5 Å². The first-order chi connectivity index (χ1) is 23.5. The number of halogens is 6. The molecule has 268 valence electrons. The Hall–Kier alpha value is -5.24. The highest BCUT2D eigenvalue weighted by atomic mass is 32.2. The predicted molar refractivity (Wildman–Crippen MR) is 165 cm³/mol. The largest absolute Gasteiger partial charge is 0.573 e. The fourth-order valence-electron chi connectivity index (χ4n) is 4.66. The number of hydrogen-bond donors (Lipinski definition) is 2. The van der Waals surface area contributed by atoms with Crippen molar-refractivity contribution in [1.82, 2.24) is 24.6 Å². The van der Waals surface area contributed by atoms with Crippen LogP contribution in [0.25, 0.3) is 11.0 Å². The SMILES string of the molecule is NC(=O)CCc1cncc2ncc(N3CCN(S(=O)(=O)c4ccc(OC(F)(F)F)cc4)CC3)nc12.O=CNCc1ccc(OC(F)(F)F)cc1. The Labute approximate surface area is 281 Å². The molecule has 0 saturated carbocycles. The molecule has 1 aliphatic heterocycles. The maximum atomic E-state index is 12.9. The van der Waals surface area contributed by atoms with E-state index >= 15 is 0 Å². The van der Waals surface area contributed by atoms with E-state index < -0.39 is 34.4 Å². The third-order valence-corrected chi connectivity index (χ3v) is 8.88. The number of anilines is 1. The van der Waals surface area contributed by atoms with Crippen LogP contribution in [0.1, 0.15) is 17.5 Å². The molecule has 13 nitrogen and oxygen atoms in total. The van der Waals surface area contributed by atoms with Gasteiger partial charge in [-0.25, -0.2) is 18.4 Å². The number of carbonyl (C=O) groups is 2. The quantitative estimate of drug-likeness (QED) is 0.172. The first-order valence-electron chi connectivity index (χ1n) is 14.5. The van der Waals surface area contributed by atoms with Gasteiger partial charge in [0.25, 0.3) is 0 Å². The summed E-state index contributed by atoms with van der Waals surface area (Å²) in [5, 5.41) is 2.39. The number of pyridine rings is 1. The van der Waals surface area contributed by atoms with Gasteiger partial charge in [-0.1, -0.05) is 12.1 Å². The molecule has 4 aromatic rings. The van der Waals surface area contributed by atoms with E-state index in [9.17, 15) is 44.3 Å². The molecule has 2 aromatic carbocycles.